The number of thioether (sulfide) groups is 1. The van der Waals surface area contributed by atoms with Crippen molar-refractivity contribution in [2.24, 2.45) is 0 Å². The number of aryl methyl sites for hydroxylation is 1. The van der Waals surface area contributed by atoms with Crippen molar-refractivity contribution in [2.75, 3.05) is 25.2 Å². The van der Waals surface area contributed by atoms with Crippen LogP contribution in [-0.2, 0) is 17.9 Å². The smallest absolute Gasteiger partial charge is 0.265 e. The number of nitrogens with one attached hydrogen (secondary N) is 1. The molecule has 1 N–H and O–H groups in total. The summed E-state index contributed by atoms with van der Waals surface area (Å²) in [6.07, 6.45) is 0. The summed E-state index contributed by atoms with van der Waals surface area (Å²) in [5, 5.41) is 11.9. The number of ether oxygens (including phenoxy) is 1. The van der Waals surface area contributed by atoms with E-state index >= 15 is 0 Å². The third kappa shape index (κ3) is 6.21. The number of hydrogen-bond acceptors (Lipinski definition) is 8. The highest BCUT2D eigenvalue weighted by Crippen LogP contribution is 2.25. The Kier molecular flexibility index (Phi) is 8.27. The van der Waals surface area contributed by atoms with Gasteiger partial charge in [0.15, 0.2) is 16.1 Å². The Balaban J connectivity index is 1.58. The molecule has 0 aliphatic rings. The number of benzene rings is 1. The summed E-state index contributed by atoms with van der Waals surface area (Å²) in [5.74, 6) is 0.0961. The molecule has 0 bridgehead atoms. The van der Waals surface area contributed by atoms with E-state index < -0.39 is 5.82 Å². The highest BCUT2D eigenvalue weighted by Gasteiger charge is 2.19. The van der Waals surface area contributed by atoms with Crippen molar-refractivity contribution in [1.29, 1.82) is 0 Å². The first-order chi connectivity index (χ1) is 15.7. The lowest BCUT2D eigenvalue weighted by Crippen LogP contribution is -2.21. The van der Waals surface area contributed by atoms with Crippen LogP contribution in [0.3, 0.4) is 0 Å². The molecule has 33 heavy (non-hydrogen) atoms. The van der Waals surface area contributed by atoms with Gasteiger partial charge in [-0.2, -0.15) is 0 Å². The van der Waals surface area contributed by atoms with Gasteiger partial charge in [-0.05, 0) is 26.0 Å². The number of thiazole rings is 1. The molecule has 176 valence electrons. The molecule has 2 heterocycles. The van der Waals surface area contributed by atoms with Gasteiger partial charge in [-0.15, -0.1) is 10.2 Å². The third-order valence-corrected chi connectivity index (χ3v) is 6.66. The lowest BCUT2D eigenvalue weighted by Gasteiger charge is -2.09. The molecule has 0 spiro atoms. The van der Waals surface area contributed by atoms with E-state index in [9.17, 15) is 14.0 Å². The van der Waals surface area contributed by atoms with Crippen molar-refractivity contribution < 1.29 is 18.7 Å². The first-order valence-corrected chi connectivity index (χ1v) is 12.0. The quantitative estimate of drug-likeness (QED) is 0.434. The van der Waals surface area contributed by atoms with Gasteiger partial charge in [-0.1, -0.05) is 34.7 Å². The fourth-order valence-electron chi connectivity index (χ4n) is 2.70. The average Bonchev–Trinajstić information content (AvgIpc) is 3.34. The Labute approximate surface area is 203 Å². The van der Waals surface area contributed by atoms with E-state index in [2.05, 4.69) is 20.5 Å². The van der Waals surface area contributed by atoms with Crippen LogP contribution in [0.15, 0.2) is 23.4 Å². The van der Waals surface area contributed by atoms with Gasteiger partial charge in [0.05, 0.1) is 16.5 Å². The molecule has 3 rings (SSSR count). The van der Waals surface area contributed by atoms with Crippen molar-refractivity contribution in [1.82, 2.24) is 24.6 Å². The maximum Gasteiger partial charge on any atom is 0.265 e. The molecule has 2 amide bonds. The first-order valence-electron chi connectivity index (χ1n) is 9.81. The minimum atomic E-state index is -0.522. The van der Waals surface area contributed by atoms with Gasteiger partial charge in [0.1, 0.15) is 23.1 Å². The molecular weight excluding hydrogens is 491 g/mol. The van der Waals surface area contributed by atoms with Crippen LogP contribution < -0.4 is 10.1 Å². The highest BCUT2D eigenvalue weighted by atomic mass is 35.5. The predicted molar refractivity (Wildman–Crippen MR) is 126 cm³/mol. The summed E-state index contributed by atoms with van der Waals surface area (Å²) in [7, 11) is 3.32. The molecule has 0 radical (unpaired) electrons. The number of aromatic nitrogens is 4. The standard InChI is InChI=1S/C20H22ClFN6O3S2/c1-5-28-15(9-31-12-6-7-14(22)13(21)8-12)25-26-20(28)32-10-16(29)24-19-23-11(2)17(33-19)18(30)27(3)4/h6-8H,5,9-10H2,1-4H3,(H,23,24,29). The fraction of sp³-hybridized carbons (Fsp3) is 0.350. The normalized spacial score (nSPS) is 10.8. The van der Waals surface area contributed by atoms with Crippen molar-refractivity contribution in [3.63, 3.8) is 0 Å². The molecular formula is C20H22ClFN6O3S2. The number of rotatable bonds is 9. The summed E-state index contributed by atoms with van der Waals surface area (Å²) in [6.45, 7) is 4.33. The van der Waals surface area contributed by atoms with E-state index in [0.29, 0.717) is 39.0 Å². The number of anilines is 1. The van der Waals surface area contributed by atoms with Gasteiger partial charge < -0.3 is 19.5 Å². The van der Waals surface area contributed by atoms with E-state index in [4.69, 9.17) is 16.3 Å². The molecule has 0 unspecified atom stereocenters. The number of carbonyl (C=O) groups excluding carboxylic acids is 2. The maximum absolute atomic E-state index is 13.3. The number of amides is 2. The van der Waals surface area contributed by atoms with Crippen molar-refractivity contribution in [3.8, 4) is 5.75 Å². The third-order valence-electron chi connectivity index (χ3n) is 4.34. The van der Waals surface area contributed by atoms with Crippen LogP contribution in [0.25, 0.3) is 0 Å². The van der Waals surface area contributed by atoms with Crippen LogP contribution in [-0.4, -0.2) is 56.3 Å². The minimum absolute atomic E-state index is 0.0275. The molecule has 0 aliphatic carbocycles. The first kappa shape index (κ1) is 24.9. The molecule has 0 saturated carbocycles. The van der Waals surface area contributed by atoms with Crippen LogP contribution in [0.4, 0.5) is 9.52 Å². The molecule has 3 aromatic rings. The van der Waals surface area contributed by atoms with E-state index in [1.165, 1.54) is 34.9 Å². The molecule has 13 heteroatoms. The van der Waals surface area contributed by atoms with E-state index in [0.717, 1.165) is 11.3 Å². The molecule has 0 saturated heterocycles. The molecule has 1 aromatic carbocycles. The SMILES string of the molecule is CCn1c(COc2ccc(F)c(Cl)c2)nnc1SCC(=O)Nc1nc(C)c(C(=O)N(C)C)s1. The molecule has 0 atom stereocenters. The van der Waals surface area contributed by atoms with E-state index in [-0.39, 0.29) is 29.2 Å². The molecule has 9 nitrogen and oxygen atoms in total. The molecule has 2 aromatic heterocycles. The van der Waals surface area contributed by atoms with Crippen LogP contribution in [0.2, 0.25) is 5.02 Å². The zero-order valence-electron chi connectivity index (χ0n) is 18.4. The van der Waals surface area contributed by atoms with Crippen LogP contribution in [0.5, 0.6) is 5.75 Å². The second-order valence-electron chi connectivity index (χ2n) is 6.98. The van der Waals surface area contributed by atoms with Gasteiger partial charge in [0, 0.05) is 26.7 Å². The van der Waals surface area contributed by atoms with Crippen molar-refractivity contribution >= 4 is 51.6 Å². The Morgan fingerprint density at radius 1 is 1.33 bits per heavy atom. The minimum Gasteiger partial charge on any atom is -0.486 e. The lowest BCUT2D eigenvalue weighted by molar-refractivity contribution is -0.113. The summed E-state index contributed by atoms with van der Waals surface area (Å²) in [6, 6.07) is 4.10. The van der Waals surface area contributed by atoms with E-state index in [1.807, 2.05) is 11.5 Å². The maximum atomic E-state index is 13.3. The largest absolute Gasteiger partial charge is 0.486 e. The number of carbonyl (C=O) groups is 2. The van der Waals surface area contributed by atoms with Crippen LogP contribution in [0, 0.1) is 12.7 Å². The van der Waals surface area contributed by atoms with Gasteiger partial charge in [0.2, 0.25) is 5.91 Å². The Morgan fingerprint density at radius 2 is 2.09 bits per heavy atom. The monoisotopic (exact) mass is 512 g/mol. The summed E-state index contributed by atoms with van der Waals surface area (Å²) < 4.78 is 20.8. The van der Waals surface area contributed by atoms with E-state index in [1.54, 1.807) is 21.0 Å². The predicted octanol–water partition coefficient (Wildman–Crippen LogP) is 3.87. The second kappa shape index (κ2) is 10.9. The average molecular weight is 513 g/mol. The number of halogens is 2. The zero-order chi connectivity index (χ0) is 24.1. The van der Waals surface area contributed by atoms with Gasteiger partial charge in [-0.3, -0.25) is 9.59 Å². The fourth-order valence-corrected chi connectivity index (χ4v) is 4.70. The summed E-state index contributed by atoms with van der Waals surface area (Å²) in [4.78, 5) is 30.8. The van der Waals surface area contributed by atoms with Crippen LogP contribution in [0.1, 0.15) is 28.1 Å². The summed E-state index contributed by atoms with van der Waals surface area (Å²) in [5.41, 5.74) is 0.569. The topological polar surface area (TPSA) is 102 Å². The lowest BCUT2D eigenvalue weighted by atomic mass is 10.3. The number of nitrogens with zero attached hydrogens (tertiary/aromatic N) is 5. The van der Waals surface area contributed by atoms with Gasteiger partial charge in [-0.25, -0.2) is 9.37 Å². The highest BCUT2D eigenvalue weighted by molar-refractivity contribution is 7.99. The van der Waals surface area contributed by atoms with Crippen molar-refractivity contribution in [3.05, 3.63) is 45.4 Å². The second-order valence-corrected chi connectivity index (χ2v) is 9.33. The van der Waals surface area contributed by atoms with Gasteiger partial charge in [0.25, 0.3) is 5.91 Å². The molecule has 0 fully saturated rings. The molecule has 0 aliphatic heterocycles. The Bertz CT molecular complexity index is 1170. The summed E-state index contributed by atoms with van der Waals surface area (Å²) >= 11 is 8.13. The number of hydrogen-bond donors (Lipinski definition) is 1. The van der Waals surface area contributed by atoms with Crippen molar-refractivity contribution in [2.45, 2.75) is 32.2 Å². The Morgan fingerprint density at radius 3 is 2.76 bits per heavy atom. The van der Waals surface area contributed by atoms with Gasteiger partial charge >= 0.3 is 0 Å². The van der Waals surface area contributed by atoms with Crippen LogP contribution >= 0.6 is 34.7 Å². The Hall–Kier alpha value is -2.70. The zero-order valence-corrected chi connectivity index (χ0v) is 20.8.